The Hall–Kier alpha value is -3.31. The number of carbonyl (C=O) groups excluding carboxylic acids is 1. The van der Waals surface area contributed by atoms with Crippen molar-refractivity contribution in [3.05, 3.63) is 90.0 Å². The predicted molar refractivity (Wildman–Crippen MR) is 133 cm³/mol. The summed E-state index contributed by atoms with van der Waals surface area (Å²) in [6, 6.07) is 26.2. The van der Waals surface area contributed by atoms with Crippen LogP contribution in [0.2, 0.25) is 0 Å². The van der Waals surface area contributed by atoms with E-state index in [1.807, 2.05) is 66.7 Å². The molecule has 33 heavy (non-hydrogen) atoms. The Morgan fingerprint density at radius 1 is 0.970 bits per heavy atom. The molecule has 1 aliphatic heterocycles. The molecule has 1 heterocycles. The minimum atomic E-state index is 0.0181. The van der Waals surface area contributed by atoms with E-state index in [0.29, 0.717) is 25.6 Å². The molecule has 0 aliphatic carbocycles. The van der Waals surface area contributed by atoms with E-state index >= 15 is 0 Å². The van der Waals surface area contributed by atoms with Gasteiger partial charge in [-0.15, -0.1) is 0 Å². The summed E-state index contributed by atoms with van der Waals surface area (Å²) >= 11 is 0. The van der Waals surface area contributed by atoms with E-state index in [0.717, 1.165) is 48.5 Å². The second-order valence-electron chi connectivity index (χ2n) is 8.46. The van der Waals surface area contributed by atoms with Crippen LogP contribution in [0.5, 0.6) is 5.75 Å². The number of ether oxygens (including phenoxy) is 2. The zero-order valence-electron chi connectivity index (χ0n) is 19.2. The van der Waals surface area contributed by atoms with Gasteiger partial charge < -0.3 is 19.7 Å². The molecule has 3 aromatic rings. The first kappa shape index (κ1) is 22.9. The van der Waals surface area contributed by atoms with Crippen LogP contribution >= 0.6 is 0 Å². The van der Waals surface area contributed by atoms with Gasteiger partial charge in [-0.05, 0) is 66.8 Å². The Bertz CT molecular complexity index is 1000. The van der Waals surface area contributed by atoms with Gasteiger partial charge in [0.2, 0.25) is 5.91 Å². The van der Waals surface area contributed by atoms with Crippen LogP contribution in [0, 0.1) is 0 Å². The first-order valence-corrected chi connectivity index (χ1v) is 11.6. The average molecular weight is 445 g/mol. The summed E-state index contributed by atoms with van der Waals surface area (Å²) in [6.07, 6.45) is 3.67. The smallest absolute Gasteiger partial charge is 0.224 e. The van der Waals surface area contributed by atoms with Crippen molar-refractivity contribution < 1.29 is 14.3 Å². The number of methoxy groups -OCH3 is 1. The van der Waals surface area contributed by atoms with Crippen molar-refractivity contribution in [1.82, 2.24) is 0 Å². The standard InChI is InChI=1S/C28H32N2O3/c1-32-27-8-5-19-30(20-27)25-14-12-24(13-15-25)29-28(31)18-11-22-9-16-26(17-10-22)33-21-23-6-3-2-4-7-23/h2-4,6-7,9-10,12-17,27H,5,8,11,18-21H2,1H3,(H,29,31). The molecule has 1 atom stereocenters. The SMILES string of the molecule is COC1CCCN(c2ccc(NC(=O)CCc3ccc(OCc4ccccc4)cc3)cc2)C1. The molecule has 4 rings (SSSR count). The first-order valence-electron chi connectivity index (χ1n) is 11.6. The van der Waals surface area contributed by atoms with Crippen molar-refractivity contribution in [3.8, 4) is 5.75 Å². The van der Waals surface area contributed by atoms with Crippen LogP contribution in [0.4, 0.5) is 11.4 Å². The number of aryl methyl sites for hydroxylation is 1. The molecule has 1 aliphatic rings. The molecule has 5 heteroatoms. The molecule has 0 saturated carbocycles. The molecule has 172 valence electrons. The van der Waals surface area contributed by atoms with E-state index in [1.165, 1.54) is 5.69 Å². The van der Waals surface area contributed by atoms with Crippen LogP contribution in [-0.2, 0) is 22.6 Å². The second-order valence-corrected chi connectivity index (χ2v) is 8.46. The van der Waals surface area contributed by atoms with Crippen molar-refractivity contribution in [1.29, 1.82) is 0 Å². The Morgan fingerprint density at radius 3 is 2.45 bits per heavy atom. The molecule has 0 aromatic heterocycles. The molecular formula is C28H32N2O3. The number of nitrogens with zero attached hydrogens (tertiary/aromatic N) is 1. The lowest BCUT2D eigenvalue weighted by Crippen LogP contribution is -2.39. The van der Waals surface area contributed by atoms with Gasteiger partial charge >= 0.3 is 0 Å². The summed E-state index contributed by atoms with van der Waals surface area (Å²) in [5.74, 6) is 0.849. The maximum absolute atomic E-state index is 12.4. The third kappa shape index (κ3) is 6.83. The van der Waals surface area contributed by atoms with Crippen LogP contribution in [0.3, 0.4) is 0 Å². The lowest BCUT2D eigenvalue weighted by Gasteiger charge is -2.33. The Morgan fingerprint density at radius 2 is 1.73 bits per heavy atom. The molecule has 0 bridgehead atoms. The number of nitrogens with one attached hydrogen (secondary N) is 1. The zero-order chi connectivity index (χ0) is 22.9. The predicted octanol–water partition coefficient (Wildman–Crippen LogP) is 5.45. The lowest BCUT2D eigenvalue weighted by atomic mass is 10.1. The molecular weight excluding hydrogens is 412 g/mol. The zero-order valence-corrected chi connectivity index (χ0v) is 19.2. The van der Waals surface area contributed by atoms with E-state index in [2.05, 4.69) is 22.3 Å². The molecule has 1 amide bonds. The summed E-state index contributed by atoms with van der Waals surface area (Å²) in [5, 5.41) is 3.01. The van der Waals surface area contributed by atoms with E-state index in [1.54, 1.807) is 7.11 Å². The monoisotopic (exact) mass is 444 g/mol. The maximum Gasteiger partial charge on any atom is 0.224 e. The number of hydrogen-bond donors (Lipinski definition) is 1. The van der Waals surface area contributed by atoms with Crippen molar-refractivity contribution >= 4 is 17.3 Å². The quantitative estimate of drug-likeness (QED) is 0.477. The fourth-order valence-electron chi connectivity index (χ4n) is 4.10. The number of rotatable bonds is 9. The van der Waals surface area contributed by atoms with E-state index < -0.39 is 0 Å². The Labute approximate surface area is 196 Å². The summed E-state index contributed by atoms with van der Waals surface area (Å²) in [4.78, 5) is 14.8. The summed E-state index contributed by atoms with van der Waals surface area (Å²) in [7, 11) is 1.78. The van der Waals surface area contributed by atoms with Gasteiger partial charge in [0, 0.05) is 38.0 Å². The molecule has 1 N–H and O–H groups in total. The van der Waals surface area contributed by atoms with Gasteiger partial charge in [0.25, 0.3) is 0 Å². The van der Waals surface area contributed by atoms with Crippen molar-refractivity contribution in [3.63, 3.8) is 0 Å². The number of hydrogen-bond acceptors (Lipinski definition) is 4. The summed E-state index contributed by atoms with van der Waals surface area (Å²) in [6.45, 7) is 2.51. The minimum Gasteiger partial charge on any atom is -0.489 e. The number of carbonyl (C=O) groups is 1. The van der Waals surface area contributed by atoms with E-state index in [9.17, 15) is 4.79 Å². The molecule has 1 fully saturated rings. The van der Waals surface area contributed by atoms with Crippen LogP contribution in [0.1, 0.15) is 30.4 Å². The van der Waals surface area contributed by atoms with Crippen molar-refractivity contribution in [2.24, 2.45) is 0 Å². The number of amides is 1. The fraction of sp³-hybridized carbons (Fsp3) is 0.321. The molecule has 3 aromatic carbocycles. The minimum absolute atomic E-state index is 0.0181. The van der Waals surface area contributed by atoms with Crippen LogP contribution in [0.15, 0.2) is 78.9 Å². The second kappa shape index (κ2) is 11.5. The molecule has 0 spiro atoms. The first-order chi connectivity index (χ1) is 16.2. The van der Waals surface area contributed by atoms with E-state index in [-0.39, 0.29) is 5.91 Å². The summed E-state index contributed by atoms with van der Waals surface area (Å²) < 4.78 is 11.3. The highest BCUT2D eigenvalue weighted by atomic mass is 16.5. The van der Waals surface area contributed by atoms with Gasteiger partial charge in [-0.1, -0.05) is 42.5 Å². The summed E-state index contributed by atoms with van der Waals surface area (Å²) in [5.41, 5.74) is 4.25. The Balaban J connectivity index is 1.21. The highest BCUT2D eigenvalue weighted by Crippen LogP contribution is 2.23. The normalized spacial score (nSPS) is 15.8. The average Bonchev–Trinajstić information content (AvgIpc) is 2.88. The van der Waals surface area contributed by atoms with Gasteiger partial charge in [0.05, 0.1) is 6.10 Å². The molecule has 5 nitrogen and oxygen atoms in total. The third-order valence-electron chi connectivity index (χ3n) is 6.04. The third-order valence-corrected chi connectivity index (χ3v) is 6.04. The van der Waals surface area contributed by atoms with Gasteiger partial charge in [-0.2, -0.15) is 0 Å². The number of anilines is 2. The Kier molecular flexibility index (Phi) is 7.99. The highest BCUT2D eigenvalue weighted by molar-refractivity contribution is 5.91. The topological polar surface area (TPSA) is 50.8 Å². The van der Waals surface area contributed by atoms with Crippen molar-refractivity contribution in [2.45, 2.75) is 38.4 Å². The number of benzene rings is 3. The van der Waals surface area contributed by atoms with Crippen LogP contribution in [0.25, 0.3) is 0 Å². The maximum atomic E-state index is 12.4. The number of piperidine rings is 1. The van der Waals surface area contributed by atoms with Gasteiger partial charge in [0.15, 0.2) is 0 Å². The molecule has 1 saturated heterocycles. The van der Waals surface area contributed by atoms with Crippen molar-refractivity contribution in [2.75, 3.05) is 30.4 Å². The highest BCUT2D eigenvalue weighted by Gasteiger charge is 2.19. The molecule has 0 radical (unpaired) electrons. The van der Waals surface area contributed by atoms with E-state index in [4.69, 9.17) is 9.47 Å². The fourth-order valence-corrected chi connectivity index (χ4v) is 4.10. The largest absolute Gasteiger partial charge is 0.489 e. The van der Waals surface area contributed by atoms with Crippen LogP contribution < -0.4 is 15.0 Å². The van der Waals surface area contributed by atoms with Gasteiger partial charge in [-0.25, -0.2) is 0 Å². The lowest BCUT2D eigenvalue weighted by molar-refractivity contribution is -0.116. The van der Waals surface area contributed by atoms with Crippen LogP contribution in [-0.4, -0.2) is 32.2 Å². The molecule has 1 unspecified atom stereocenters. The van der Waals surface area contributed by atoms with Gasteiger partial charge in [-0.3, -0.25) is 4.79 Å². The van der Waals surface area contributed by atoms with Gasteiger partial charge in [0.1, 0.15) is 12.4 Å².